The van der Waals surface area contributed by atoms with E-state index in [1.165, 1.54) is 35.0 Å². The van der Waals surface area contributed by atoms with Crippen LogP contribution in [0.2, 0.25) is 0 Å². The first-order valence-electron chi connectivity index (χ1n) is 7.36. The summed E-state index contributed by atoms with van der Waals surface area (Å²) in [5.74, 6) is -0.235. The van der Waals surface area contributed by atoms with Gasteiger partial charge in [-0.25, -0.2) is 4.39 Å². The molecule has 2 rings (SSSR count). The molecule has 0 saturated heterocycles. The third-order valence-corrected chi connectivity index (χ3v) is 3.39. The molecule has 1 aromatic carbocycles. The van der Waals surface area contributed by atoms with Crippen LogP contribution >= 0.6 is 0 Å². The van der Waals surface area contributed by atoms with E-state index in [2.05, 4.69) is 5.32 Å². The van der Waals surface area contributed by atoms with Crippen LogP contribution in [-0.4, -0.2) is 23.1 Å². The predicted octanol–water partition coefficient (Wildman–Crippen LogP) is 2.11. The summed E-state index contributed by atoms with van der Waals surface area (Å²) < 4.78 is 20.2. The molecule has 0 fully saturated rings. The number of pyridine rings is 1. The maximum absolute atomic E-state index is 13.1. The quantitative estimate of drug-likeness (QED) is 0.887. The fourth-order valence-electron chi connectivity index (χ4n) is 2.04. The lowest BCUT2D eigenvalue weighted by atomic mass is 10.2. The van der Waals surface area contributed by atoms with Gasteiger partial charge in [0.05, 0.1) is 12.1 Å². The summed E-state index contributed by atoms with van der Waals surface area (Å²) in [6, 6.07) is 8.70. The SMILES string of the molecule is CCC(CNC(=O)c1ccc(=O)n(C)c1)Oc1cccc(F)c1. The van der Waals surface area contributed by atoms with Gasteiger partial charge in [-0.15, -0.1) is 0 Å². The Labute approximate surface area is 133 Å². The number of aryl methyl sites for hydroxylation is 1. The Balaban J connectivity index is 1.95. The van der Waals surface area contributed by atoms with Crippen LogP contribution in [0.15, 0.2) is 47.4 Å². The number of ether oxygens (including phenoxy) is 1. The Kier molecular flexibility index (Phi) is 5.51. The van der Waals surface area contributed by atoms with Crippen molar-refractivity contribution in [2.45, 2.75) is 19.4 Å². The highest BCUT2D eigenvalue weighted by Crippen LogP contribution is 2.14. The molecule has 1 atom stereocenters. The van der Waals surface area contributed by atoms with Gasteiger partial charge in [0.25, 0.3) is 5.91 Å². The molecule has 0 bridgehead atoms. The zero-order chi connectivity index (χ0) is 16.8. The van der Waals surface area contributed by atoms with Crippen molar-refractivity contribution in [3.63, 3.8) is 0 Å². The topological polar surface area (TPSA) is 60.3 Å². The van der Waals surface area contributed by atoms with E-state index in [-0.39, 0.29) is 29.9 Å². The Morgan fingerprint density at radius 2 is 2.13 bits per heavy atom. The van der Waals surface area contributed by atoms with Crippen LogP contribution in [-0.2, 0) is 7.05 Å². The van der Waals surface area contributed by atoms with Crippen molar-refractivity contribution >= 4 is 5.91 Å². The highest BCUT2D eigenvalue weighted by atomic mass is 19.1. The summed E-state index contributed by atoms with van der Waals surface area (Å²) in [7, 11) is 1.58. The van der Waals surface area contributed by atoms with E-state index in [9.17, 15) is 14.0 Å². The normalized spacial score (nSPS) is 11.8. The van der Waals surface area contributed by atoms with Gasteiger partial charge in [0.1, 0.15) is 17.7 Å². The number of amides is 1. The average molecular weight is 318 g/mol. The van der Waals surface area contributed by atoms with Crippen molar-refractivity contribution in [1.82, 2.24) is 9.88 Å². The van der Waals surface area contributed by atoms with Crippen LogP contribution < -0.4 is 15.6 Å². The third-order valence-electron chi connectivity index (χ3n) is 3.39. The highest BCUT2D eigenvalue weighted by Gasteiger charge is 2.12. The molecule has 0 aliphatic heterocycles. The van der Waals surface area contributed by atoms with E-state index >= 15 is 0 Å². The van der Waals surface area contributed by atoms with Gasteiger partial charge < -0.3 is 14.6 Å². The van der Waals surface area contributed by atoms with Crippen LogP contribution in [0.1, 0.15) is 23.7 Å². The van der Waals surface area contributed by atoms with E-state index < -0.39 is 0 Å². The van der Waals surface area contributed by atoms with E-state index in [1.54, 1.807) is 19.2 Å². The molecule has 2 aromatic rings. The van der Waals surface area contributed by atoms with Crippen LogP contribution in [0.4, 0.5) is 4.39 Å². The maximum atomic E-state index is 13.1. The van der Waals surface area contributed by atoms with Crippen molar-refractivity contribution in [3.8, 4) is 5.75 Å². The van der Waals surface area contributed by atoms with Crippen molar-refractivity contribution in [1.29, 1.82) is 0 Å². The van der Waals surface area contributed by atoms with Gasteiger partial charge >= 0.3 is 0 Å². The Morgan fingerprint density at radius 1 is 1.35 bits per heavy atom. The van der Waals surface area contributed by atoms with Crippen LogP contribution in [0.5, 0.6) is 5.75 Å². The second kappa shape index (κ2) is 7.58. The highest BCUT2D eigenvalue weighted by molar-refractivity contribution is 5.93. The second-order valence-electron chi connectivity index (χ2n) is 5.18. The Morgan fingerprint density at radius 3 is 2.78 bits per heavy atom. The van der Waals surface area contributed by atoms with Gasteiger partial charge in [-0.2, -0.15) is 0 Å². The van der Waals surface area contributed by atoms with Crippen LogP contribution in [0.25, 0.3) is 0 Å². The number of nitrogens with one attached hydrogen (secondary N) is 1. The molecule has 0 spiro atoms. The molecule has 0 aliphatic rings. The third kappa shape index (κ3) is 4.67. The monoisotopic (exact) mass is 318 g/mol. The first-order chi connectivity index (χ1) is 11.0. The van der Waals surface area contributed by atoms with E-state index in [4.69, 9.17) is 4.74 Å². The molecule has 6 heteroatoms. The minimum Gasteiger partial charge on any atom is -0.489 e. The summed E-state index contributed by atoms with van der Waals surface area (Å²) in [5, 5.41) is 2.76. The Hall–Kier alpha value is -2.63. The number of hydrogen-bond acceptors (Lipinski definition) is 3. The molecule has 1 heterocycles. The molecule has 23 heavy (non-hydrogen) atoms. The number of halogens is 1. The summed E-state index contributed by atoms with van der Waals surface area (Å²) >= 11 is 0. The van der Waals surface area contributed by atoms with Gasteiger partial charge in [0.2, 0.25) is 5.56 Å². The molecule has 0 radical (unpaired) electrons. The lowest BCUT2D eigenvalue weighted by molar-refractivity contribution is 0.0925. The summed E-state index contributed by atoms with van der Waals surface area (Å²) in [6.07, 6.45) is 1.86. The van der Waals surface area contributed by atoms with Crippen molar-refractivity contribution in [2.24, 2.45) is 7.05 Å². The zero-order valence-corrected chi connectivity index (χ0v) is 13.1. The molecule has 0 aliphatic carbocycles. The Bertz CT molecular complexity index is 743. The number of nitrogens with zero attached hydrogens (tertiary/aromatic N) is 1. The zero-order valence-electron chi connectivity index (χ0n) is 13.1. The summed E-state index contributed by atoms with van der Waals surface area (Å²) in [6.45, 7) is 2.21. The second-order valence-corrected chi connectivity index (χ2v) is 5.18. The van der Waals surface area contributed by atoms with E-state index in [0.717, 1.165) is 0 Å². The number of hydrogen-bond donors (Lipinski definition) is 1. The molecule has 122 valence electrons. The standard InChI is InChI=1S/C17H19FN2O3/c1-3-14(23-15-6-4-5-13(18)9-15)10-19-17(22)12-7-8-16(21)20(2)11-12/h4-9,11,14H,3,10H2,1-2H3,(H,19,22). The van der Waals surface area contributed by atoms with Gasteiger partial charge in [0, 0.05) is 25.4 Å². The molecular formula is C17H19FN2O3. The van der Waals surface area contributed by atoms with E-state index in [0.29, 0.717) is 17.7 Å². The number of rotatable bonds is 6. The first-order valence-corrected chi connectivity index (χ1v) is 7.36. The average Bonchev–Trinajstić information content (AvgIpc) is 2.53. The minimum absolute atomic E-state index is 0.178. The molecule has 1 aromatic heterocycles. The predicted molar refractivity (Wildman–Crippen MR) is 85.1 cm³/mol. The number of aromatic nitrogens is 1. The smallest absolute Gasteiger partial charge is 0.252 e. The fraction of sp³-hybridized carbons (Fsp3) is 0.294. The van der Waals surface area contributed by atoms with E-state index in [1.807, 2.05) is 6.92 Å². The first kappa shape index (κ1) is 16.7. The molecule has 1 N–H and O–H groups in total. The molecule has 5 nitrogen and oxygen atoms in total. The van der Waals surface area contributed by atoms with Crippen molar-refractivity contribution < 1.29 is 13.9 Å². The molecular weight excluding hydrogens is 299 g/mol. The number of carbonyl (C=O) groups excluding carboxylic acids is 1. The minimum atomic E-state index is -0.369. The fourth-order valence-corrected chi connectivity index (χ4v) is 2.04. The largest absolute Gasteiger partial charge is 0.489 e. The van der Waals surface area contributed by atoms with Crippen LogP contribution in [0.3, 0.4) is 0 Å². The van der Waals surface area contributed by atoms with Gasteiger partial charge in [0.15, 0.2) is 0 Å². The molecule has 0 saturated carbocycles. The summed E-state index contributed by atoms with van der Waals surface area (Å²) in [4.78, 5) is 23.4. The van der Waals surface area contributed by atoms with Gasteiger partial charge in [-0.05, 0) is 24.6 Å². The lowest BCUT2D eigenvalue weighted by Crippen LogP contribution is -2.35. The van der Waals surface area contributed by atoms with Crippen LogP contribution in [0, 0.1) is 5.82 Å². The molecule has 1 unspecified atom stereocenters. The molecule has 1 amide bonds. The lowest BCUT2D eigenvalue weighted by Gasteiger charge is -2.18. The number of benzene rings is 1. The van der Waals surface area contributed by atoms with Crippen molar-refractivity contribution in [3.05, 3.63) is 64.3 Å². The maximum Gasteiger partial charge on any atom is 0.252 e. The summed E-state index contributed by atoms with van der Waals surface area (Å²) in [5.41, 5.74) is 0.218. The number of carbonyl (C=O) groups is 1. The van der Waals surface area contributed by atoms with Gasteiger partial charge in [-0.1, -0.05) is 13.0 Å². The van der Waals surface area contributed by atoms with Gasteiger partial charge in [-0.3, -0.25) is 9.59 Å². The van der Waals surface area contributed by atoms with Crippen molar-refractivity contribution in [2.75, 3.05) is 6.54 Å².